The van der Waals surface area contributed by atoms with Gasteiger partial charge in [0.1, 0.15) is 5.65 Å². The molecule has 0 unspecified atom stereocenters. The van der Waals surface area contributed by atoms with Crippen LogP contribution in [0.1, 0.15) is 0 Å². The second-order valence-corrected chi connectivity index (χ2v) is 2.24. The lowest BCUT2D eigenvalue weighted by Gasteiger charge is -1.75. The minimum atomic E-state index is 0.658. The molecule has 2 rings (SSSR count). The molecule has 0 aliphatic rings. The third-order valence-electron chi connectivity index (χ3n) is 1.21. The summed E-state index contributed by atoms with van der Waals surface area (Å²) in [6.07, 6.45) is 1.90. The molecule has 0 aromatic carbocycles. The Hall–Kier alpha value is -1.03. The van der Waals surface area contributed by atoms with E-state index in [1.807, 2.05) is 22.8 Å². The predicted octanol–water partition coefficient (Wildman–Crippen LogP) is 1.32. The average molecular weight is 139 g/mol. The van der Waals surface area contributed by atoms with Crippen LogP contribution in [-0.2, 0) is 0 Å². The fourth-order valence-corrected chi connectivity index (χ4v) is 1.04. The second kappa shape index (κ2) is 1.48. The number of hydrogen-bond donors (Lipinski definition) is 2. The zero-order valence-electron chi connectivity index (χ0n) is 4.59. The van der Waals surface area contributed by atoms with Gasteiger partial charge in [-0.05, 0) is 24.4 Å². The molecular weight excluding hydrogens is 134 g/mol. The van der Waals surface area contributed by atoms with Crippen molar-refractivity contribution < 1.29 is 0 Å². The van der Waals surface area contributed by atoms with Crippen LogP contribution in [0.25, 0.3) is 5.65 Å². The maximum atomic E-state index is 4.83. The van der Waals surface area contributed by atoms with E-state index in [0.717, 1.165) is 5.65 Å². The normalized spacial score (nSPS) is 10.7. The number of fused-ring (bicyclic) bond motifs is 1. The van der Waals surface area contributed by atoms with E-state index in [9.17, 15) is 0 Å². The quantitative estimate of drug-likeness (QED) is 0.530. The average Bonchev–Trinajstić information content (AvgIpc) is 2.22. The standard InChI is InChI=1S/C5H5N3S/c9-5-6-4-2-1-3-8(4)7-5/h1-3H,(H2,6,7,9). The molecule has 2 heterocycles. The summed E-state index contributed by atoms with van der Waals surface area (Å²) in [5.41, 5.74) is 1.00. The van der Waals surface area contributed by atoms with Crippen LogP contribution in [0.15, 0.2) is 18.3 Å². The molecule has 3 nitrogen and oxygen atoms in total. The Morgan fingerprint density at radius 3 is 3.22 bits per heavy atom. The van der Waals surface area contributed by atoms with Crippen molar-refractivity contribution in [1.29, 1.82) is 0 Å². The predicted molar refractivity (Wildman–Crippen MR) is 36.9 cm³/mol. The number of nitrogens with one attached hydrogen (secondary N) is 2. The Morgan fingerprint density at radius 2 is 2.44 bits per heavy atom. The van der Waals surface area contributed by atoms with Gasteiger partial charge in [-0.1, -0.05) is 0 Å². The summed E-state index contributed by atoms with van der Waals surface area (Å²) in [4.78, 5) is 2.96. The van der Waals surface area contributed by atoms with Crippen LogP contribution >= 0.6 is 12.2 Å². The van der Waals surface area contributed by atoms with Crippen LogP contribution < -0.4 is 0 Å². The molecule has 0 spiro atoms. The van der Waals surface area contributed by atoms with Crippen molar-refractivity contribution in [2.75, 3.05) is 0 Å². The summed E-state index contributed by atoms with van der Waals surface area (Å²) in [7, 11) is 0. The smallest absolute Gasteiger partial charge is 0.191 e. The van der Waals surface area contributed by atoms with Gasteiger partial charge in [0.25, 0.3) is 0 Å². The molecule has 2 aromatic heterocycles. The Kier molecular flexibility index (Phi) is 0.790. The fourth-order valence-electron chi connectivity index (χ4n) is 0.834. The second-order valence-electron chi connectivity index (χ2n) is 1.83. The number of aromatic amines is 2. The third kappa shape index (κ3) is 0.598. The first kappa shape index (κ1) is 4.81. The summed E-state index contributed by atoms with van der Waals surface area (Å²) >= 11 is 4.83. The van der Waals surface area contributed by atoms with Crippen LogP contribution in [0.3, 0.4) is 0 Å². The van der Waals surface area contributed by atoms with E-state index in [4.69, 9.17) is 12.2 Å². The van der Waals surface area contributed by atoms with Gasteiger partial charge in [-0.15, -0.1) is 0 Å². The van der Waals surface area contributed by atoms with Crippen molar-refractivity contribution in [1.82, 2.24) is 14.6 Å². The van der Waals surface area contributed by atoms with Gasteiger partial charge in [-0.25, -0.2) is 4.52 Å². The zero-order chi connectivity index (χ0) is 6.27. The van der Waals surface area contributed by atoms with Gasteiger partial charge in [-0.3, -0.25) is 5.10 Å². The molecular formula is C5H5N3S. The molecule has 46 valence electrons. The molecule has 0 amide bonds. The number of nitrogens with zero attached hydrogens (tertiary/aromatic N) is 1. The minimum Gasteiger partial charge on any atom is -0.316 e. The molecule has 2 aromatic rings. The number of H-pyrrole nitrogens is 2. The van der Waals surface area contributed by atoms with E-state index < -0.39 is 0 Å². The van der Waals surface area contributed by atoms with Crippen LogP contribution in [0.4, 0.5) is 0 Å². The first-order chi connectivity index (χ1) is 4.36. The highest BCUT2D eigenvalue weighted by molar-refractivity contribution is 7.71. The summed E-state index contributed by atoms with van der Waals surface area (Å²) in [5.74, 6) is 0. The van der Waals surface area contributed by atoms with E-state index >= 15 is 0 Å². The van der Waals surface area contributed by atoms with Gasteiger partial charge < -0.3 is 4.98 Å². The van der Waals surface area contributed by atoms with Gasteiger partial charge in [0.05, 0.1) is 0 Å². The topological polar surface area (TPSA) is 36.0 Å². The van der Waals surface area contributed by atoms with Gasteiger partial charge in [0, 0.05) is 6.20 Å². The van der Waals surface area contributed by atoms with Crippen molar-refractivity contribution in [2.45, 2.75) is 0 Å². The highest BCUT2D eigenvalue weighted by atomic mass is 32.1. The van der Waals surface area contributed by atoms with Gasteiger partial charge in [-0.2, -0.15) is 0 Å². The molecule has 0 saturated carbocycles. The summed E-state index contributed by atoms with van der Waals surface area (Å²) in [6.45, 7) is 0. The molecule has 0 radical (unpaired) electrons. The maximum Gasteiger partial charge on any atom is 0.191 e. The van der Waals surface area contributed by atoms with E-state index in [2.05, 4.69) is 10.1 Å². The largest absolute Gasteiger partial charge is 0.316 e. The van der Waals surface area contributed by atoms with E-state index in [-0.39, 0.29) is 0 Å². The maximum absolute atomic E-state index is 4.83. The monoisotopic (exact) mass is 139 g/mol. The lowest BCUT2D eigenvalue weighted by molar-refractivity contribution is 0.966. The van der Waals surface area contributed by atoms with Crippen molar-refractivity contribution in [3.05, 3.63) is 23.1 Å². The molecule has 2 N–H and O–H groups in total. The highest BCUT2D eigenvalue weighted by Gasteiger charge is 1.88. The van der Waals surface area contributed by atoms with Crippen molar-refractivity contribution in [3.8, 4) is 0 Å². The lowest BCUT2D eigenvalue weighted by atomic mass is 10.6. The van der Waals surface area contributed by atoms with Gasteiger partial charge in [0.2, 0.25) is 0 Å². The lowest BCUT2D eigenvalue weighted by Crippen LogP contribution is -1.75. The van der Waals surface area contributed by atoms with Crippen LogP contribution in [-0.4, -0.2) is 14.6 Å². The van der Waals surface area contributed by atoms with E-state index in [1.165, 1.54) is 0 Å². The minimum absolute atomic E-state index is 0.658. The van der Waals surface area contributed by atoms with E-state index in [0.29, 0.717) is 4.77 Å². The molecule has 0 aliphatic carbocycles. The zero-order valence-corrected chi connectivity index (χ0v) is 5.40. The van der Waals surface area contributed by atoms with Crippen LogP contribution in [0.5, 0.6) is 0 Å². The molecule has 0 saturated heterocycles. The number of hydrogen-bond acceptors (Lipinski definition) is 1. The Labute approximate surface area is 56.3 Å². The van der Waals surface area contributed by atoms with Gasteiger partial charge >= 0.3 is 0 Å². The molecule has 0 fully saturated rings. The molecule has 0 atom stereocenters. The Morgan fingerprint density at radius 1 is 1.56 bits per heavy atom. The van der Waals surface area contributed by atoms with Crippen LogP contribution in [0, 0.1) is 4.77 Å². The van der Waals surface area contributed by atoms with Crippen molar-refractivity contribution in [3.63, 3.8) is 0 Å². The summed E-state index contributed by atoms with van der Waals surface area (Å²) < 4.78 is 2.49. The summed E-state index contributed by atoms with van der Waals surface area (Å²) in [6, 6.07) is 3.89. The SMILES string of the molecule is S=c1[nH]c2cccn2[nH]1. The van der Waals surface area contributed by atoms with Crippen molar-refractivity contribution >= 4 is 17.9 Å². The van der Waals surface area contributed by atoms with Crippen LogP contribution in [0.2, 0.25) is 0 Å². The van der Waals surface area contributed by atoms with Crippen molar-refractivity contribution in [2.24, 2.45) is 0 Å². The Balaban J connectivity index is 3.08. The fraction of sp³-hybridized carbons (Fsp3) is 0. The van der Waals surface area contributed by atoms with Gasteiger partial charge in [0.15, 0.2) is 4.77 Å². The first-order valence-electron chi connectivity index (χ1n) is 2.61. The molecule has 9 heavy (non-hydrogen) atoms. The molecule has 4 heteroatoms. The highest BCUT2D eigenvalue weighted by Crippen LogP contribution is 1.96. The summed E-state index contributed by atoms with van der Waals surface area (Å²) in [5, 5.41) is 2.91. The Bertz CT molecular complexity index is 335. The number of aromatic nitrogens is 3. The molecule has 0 aliphatic heterocycles. The molecule has 0 bridgehead atoms. The first-order valence-corrected chi connectivity index (χ1v) is 3.02. The van der Waals surface area contributed by atoms with E-state index in [1.54, 1.807) is 0 Å². The third-order valence-corrected chi connectivity index (χ3v) is 1.41. The number of rotatable bonds is 0.